The molecule has 116 valence electrons. The molecule has 0 saturated carbocycles. The molecular formula is C15H17N3O3S. The topological polar surface area (TPSA) is 83.5 Å². The van der Waals surface area contributed by atoms with Crippen LogP contribution in [0.15, 0.2) is 45.7 Å². The summed E-state index contributed by atoms with van der Waals surface area (Å²) < 4.78 is 22.2. The minimum atomic E-state index is -2.44. The van der Waals surface area contributed by atoms with Crippen LogP contribution in [0.2, 0.25) is 0 Å². The number of fused-ring (bicyclic) bond motifs is 1. The van der Waals surface area contributed by atoms with Crippen LogP contribution in [-0.2, 0) is 21.0 Å². The molecule has 1 atom stereocenters. The summed E-state index contributed by atoms with van der Waals surface area (Å²) in [6, 6.07) is 10.9. The monoisotopic (exact) mass is 319 g/mol. The Morgan fingerprint density at radius 3 is 2.95 bits per heavy atom. The average Bonchev–Trinajstić information content (AvgIpc) is 3.02. The first-order valence-electron chi connectivity index (χ1n) is 6.92. The molecule has 2 aromatic rings. The lowest BCUT2D eigenvalue weighted by atomic mass is 10.3. The van der Waals surface area contributed by atoms with Crippen LogP contribution in [0, 0.1) is 0 Å². The summed E-state index contributed by atoms with van der Waals surface area (Å²) in [5.74, 6) is 0.0526. The van der Waals surface area contributed by atoms with Gasteiger partial charge in [-0.15, -0.1) is 0 Å². The van der Waals surface area contributed by atoms with E-state index in [4.69, 9.17) is 0 Å². The van der Waals surface area contributed by atoms with Gasteiger partial charge in [0.2, 0.25) is 0 Å². The van der Waals surface area contributed by atoms with Crippen molar-refractivity contribution in [2.75, 3.05) is 24.7 Å². The number of H-pyrrole nitrogens is 1. The van der Waals surface area contributed by atoms with Crippen LogP contribution in [0.4, 0.5) is 5.69 Å². The van der Waals surface area contributed by atoms with Crippen LogP contribution in [0.25, 0.3) is 0 Å². The van der Waals surface area contributed by atoms with Crippen molar-refractivity contribution in [1.29, 1.82) is 0 Å². The summed E-state index contributed by atoms with van der Waals surface area (Å²) in [6.07, 6.45) is 0. The Morgan fingerprint density at radius 1 is 1.32 bits per heavy atom. The first kappa shape index (κ1) is 14.6. The molecule has 1 aromatic heterocycles. The highest BCUT2D eigenvalue weighted by atomic mass is 32.2. The van der Waals surface area contributed by atoms with E-state index < -0.39 is 15.7 Å². The van der Waals surface area contributed by atoms with Gasteiger partial charge >= 0.3 is 5.97 Å². The van der Waals surface area contributed by atoms with Crippen molar-refractivity contribution >= 4 is 21.4 Å². The number of hydrogen-bond acceptors (Lipinski definition) is 5. The van der Waals surface area contributed by atoms with Gasteiger partial charge in [-0.05, 0) is 24.3 Å². The second kappa shape index (κ2) is 5.84. The van der Waals surface area contributed by atoms with Gasteiger partial charge < -0.3 is 15.0 Å². The fourth-order valence-electron chi connectivity index (χ4n) is 2.39. The zero-order valence-corrected chi connectivity index (χ0v) is 13.0. The summed E-state index contributed by atoms with van der Waals surface area (Å²) in [7, 11) is -1.11. The molecule has 0 bridgehead atoms. The van der Waals surface area contributed by atoms with Crippen molar-refractivity contribution in [1.82, 2.24) is 4.98 Å². The second-order valence-corrected chi connectivity index (χ2v) is 7.33. The van der Waals surface area contributed by atoms with E-state index in [1.54, 1.807) is 12.1 Å². The average molecular weight is 319 g/mol. The van der Waals surface area contributed by atoms with E-state index >= 15 is 0 Å². The van der Waals surface area contributed by atoms with Gasteiger partial charge in [0.15, 0.2) is 0 Å². The number of rotatable bonds is 3. The van der Waals surface area contributed by atoms with E-state index in [1.807, 2.05) is 24.3 Å². The number of nitrogens with zero attached hydrogens (tertiary/aromatic N) is 1. The van der Waals surface area contributed by atoms with Crippen molar-refractivity contribution in [3.63, 3.8) is 0 Å². The number of anilines is 1. The van der Waals surface area contributed by atoms with Crippen LogP contribution in [0.1, 0.15) is 16.2 Å². The number of esters is 1. The molecule has 1 aliphatic rings. The van der Waals surface area contributed by atoms with Gasteiger partial charge in [-0.25, -0.2) is 13.4 Å². The van der Waals surface area contributed by atoms with E-state index in [1.165, 1.54) is 7.11 Å². The molecule has 6 nitrogen and oxygen atoms in total. The van der Waals surface area contributed by atoms with Crippen molar-refractivity contribution in [2.45, 2.75) is 11.4 Å². The summed E-state index contributed by atoms with van der Waals surface area (Å²) in [4.78, 5) is 15.1. The summed E-state index contributed by atoms with van der Waals surface area (Å²) >= 11 is 0. The highest BCUT2D eigenvalue weighted by Gasteiger charge is 2.21. The maximum absolute atomic E-state index is 13.1. The van der Waals surface area contributed by atoms with E-state index in [0.717, 1.165) is 16.3 Å². The fourth-order valence-corrected chi connectivity index (χ4v) is 4.38. The minimum Gasteiger partial charge on any atom is -0.464 e. The van der Waals surface area contributed by atoms with E-state index in [9.17, 15) is 9.00 Å². The highest BCUT2D eigenvalue weighted by molar-refractivity contribution is 7.93. The van der Waals surface area contributed by atoms with Gasteiger partial charge in [0, 0.05) is 12.2 Å². The predicted molar refractivity (Wildman–Crippen MR) is 84.5 cm³/mol. The second-order valence-electron chi connectivity index (χ2n) is 4.94. The number of aromatic amines is 1. The molecule has 1 aliphatic heterocycles. The molecule has 2 heterocycles. The summed E-state index contributed by atoms with van der Waals surface area (Å²) in [6.45, 7) is 0.904. The van der Waals surface area contributed by atoms with Gasteiger partial charge in [0.1, 0.15) is 5.69 Å². The molecule has 3 rings (SSSR count). The number of benzene rings is 1. The number of nitrogens with one attached hydrogen (secondary N) is 2. The first-order valence-corrected chi connectivity index (χ1v) is 8.60. The van der Waals surface area contributed by atoms with Crippen LogP contribution >= 0.6 is 0 Å². The summed E-state index contributed by atoms with van der Waals surface area (Å²) in [5.41, 5.74) is 1.98. The van der Waals surface area contributed by atoms with Gasteiger partial charge in [-0.1, -0.05) is 12.1 Å². The molecule has 0 radical (unpaired) electrons. The molecule has 0 spiro atoms. The lowest BCUT2D eigenvalue weighted by Gasteiger charge is -2.21. The number of carbonyl (C=O) groups is 1. The first-order chi connectivity index (χ1) is 10.6. The standard InChI is InChI=1S/C15H17N3O3S/c1-21-15(19)13-7-6-11(18-13)10-17-22(20)9-8-16-12-4-2-3-5-14(12)22/h2-7,16,18H,8-10H2,1H3. The van der Waals surface area contributed by atoms with Gasteiger partial charge in [0.25, 0.3) is 0 Å². The third kappa shape index (κ3) is 2.71. The SMILES string of the molecule is COC(=O)c1ccc(CN=S2(=O)CCNc3ccccc32)[nH]1. The highest BCUT2D eigenvalue weighted by Crippen LogP contribution is 2.27. The lowest BCUT2D eigenvalue weighted by Crippen LogP contribution is -2.23. The smallest absolute Gasteiger partial charge is 0.354 e. The predicted octanol–water partition coefficient (Wildman–Crippen LogP) is 2.25. The Bertz CT molecular complexity index is 819. The van der Waals surface area contributed by atoms with E-state index in [0.29, 0.717) is 18.0 Å². The molecule has 22 heavy (non-hydrogen) atoms. The van der Waals surface area contributed by atoms with Crippen LogP contribution in [0.3, 0.4) is 0 Å². The number of carbonyl (C=O) groups excluding carboxylic acids is 1. The molecule has 0 aliphatic carbocycles. The molecule has 0 saturated heterocycles. The third-order valence-electron chi connectivity index (χ3n) is 3.52. The molecule has 1 unspecified atom stereocenters. The van der Waals surface area contributed by atoms with E-state index in [2.05, 4.69) is 19.4 Å². The maximum Gasteiger partial charge on any atom is 0.354 e. The number of ether oxygens (including phenoxy) is 1. The van der Waals surface area contributed by atoms with Crippen LogP contribution in [-0.4, -0.2) is 34.6 Å². The Kier molecular flexibility index (Phi) is 3.89. The number of methoxy groups -OCH3 is 1. The third-order valence-corrected chi connectivity index (χ3v) is 5.87. The number of para-hydroxylation sites is 1. The Balaban J connectivity index is 1.88. The Labute approximate surface area is 129 Å². The van der Waals surface area contributed by atoms with Gasteiger partial charge in [-0.3, -0.25) is 0 Å². The minimum absolute atomic E-state index is 0.268. The Morgan fingerprint density at radius 2 is 2.14 bits per heavy atom. The van der Waals surface area contributed by atoms with Crippen molar-refractivity contribution in [3.05, 3.63) is 47.8 Å². The number of hydrogen-bond donors (Lipinski definition) is 2. The van der Waals surface area contributed by atoms with Gasteiger partial charge in [0.05, 0.1) is 39.7 Å². The largest absolute Gasteiger partial charge is 0.464 e. The molecule has 7 heteroatoms. The van der Waals surface area contributed by atoms with Gasteiger partial charge in [-0.2, -0.15) is 0 Å². The molecule has 1 aromatic carbocycles. The quantitative estimate of drug-likeness (QED) is 0.850. The van der Waals surface area contributed by atoms with Crippen LogP contribution in [0.5, 0.6) is 0 Å². The normalized spacial score (nSPS) is 19.9. The number of aromatic nitrogens is 1. The van der Waals surface area contributed by atoms with Crippen molar-refractivity contribution in [3.8, 4) is 0 Å². The molecule has 0 fully saturated rings. The van der Waals surface area contributed by atoms with Crippen molar-refractivity contribution < 1.29 is 13.7 Å². The molecular weight excluding hydrogens is 302 g/mol. The summed E-state index contributed by atoms with van der Waals surface area (Å²) in [5, 5.41) is 3.23. The van der Waals surface area contributed by atoms with Crippen molar-refractivity contribution in [2.24, 2.45) is 4.36 Å². The van der Waals surface area contributed by atoms with E-state index in [-0.39, 0.29) is 6.54 Å². The molecule has 0 amide bonds. The Hall–Kier alpha value is -2.28. The zero-order valence-electron chi connectivity index (χ0n) is 12.2. The lowest BCUT2D eigenvalue weighted by molar-refractivity contribution is 0.0594. The zero-order chi connectivity index (χ0) is 15.6. The maximum atomic E-state index is 13.1. The van der Waals surface area contributed by atoms with Crippen LogP contribution < -0.4 is 5.32 Å². The fraction of sp³-hybridized carbons (Fsp3) is 0.267. The molecule has 2 N–H and O–H groups in total.